The van der Waals surface area contributed by atoms with E-state index in [4.69, 9.17) is 15.4 Å². The van der Waals surface area contributed by atoms with Crippen LogP contribution >= 0.6 is 10.7 Å². The van der Waals surface area contributed by atoms with Crippen molar-refractivity contribution >= 4 is 19.7 Å². The second-order valence-corrected chi connectivity index (χ2v) is 6.02. The molecule has 0 aliphatic rings. The summed E-state index contributed by atoms with van der Waals surface area (Å²) in [6, 6.07) is 7.33. The monoisotopic (exact) mass is 248 g/mol. The Morgan fingerprint density at radius 1 is 1.33 bits per heavy atom. The molecule has 0 unspecified atom stereocenters. The second kappa shape index (κ2) is 5.49. The van der Waals surface area contributed by atoms with Crippen LogP contribution in [0.4, 0.5) is 0 Å². The molecule has 15 heavy (non-hydrogen) atoms. The largest absolute Gasteiger partial charge is 0.384 e. The topological polar surface area (TPSA) is 43.4 Å². The molecule has 1 rings (SSSR count). The molecule has 0 saturated heterocycles. The molecule has 0 radical (unpaired) electrons. The van der Waals surface area contributed by atoms with E-state index in [0.717, 1.165) is 12.0 Å². The summed E-state index contributed by atoms with van der Waals surface area (Å²) in [5, 5.41) is 0. The van der Waals surface area contributed by atoms with E-state index in [1.807, 2.05) is 18.2 Å². The van der Waals surface area contributed by atoms with Crippen molar-refractivity contribution in [3.05, 3.63) is 35.4 Å². The Balaban J connectivity index is 2.74. The molecular formula is C10H13ClO3S. The maximum absolute atomic E-state index is 10.9. The highest BCUT2D eigenvalue weighted by atomic mass is 35.7. The van der Waals surface area contributed by atoms with Gasteiger partial charge in [-0.05, 0) is 17.5 Å². The van der Waals surface area contributed by atoms with Gasteiger partial charge in [-0.1, -0.05) is 24.3 Å². The van der Waals surface area contributed by atoms with Crippen molar-refractivity contribution in [1.29, 1.82) is 0 Å². The number of rotatable bonds is 5. The standard InChI is InChI=1S/C10H13ClO3S/c1-14-6-5-9-3-2-4-10(7-9)8-15(11,12)13/h2-4,7H,5-6,8H2,1H3. The molecule has 0 bridgehead atoms. The van der Waals surface area contributed by atoms with Crippen molar-refractivity contribution in [3.8, 4) is 0 Å². The summed E-state index contributed by atoms with van der Waals surface area (Å²) in [4.78, 5) is 0. The van der Waals surface area contributed by atoms with Crippen LogP contribution in [0.25, 0.3) is 0 Å². The highest BCUT2D eigenvalue weighted by Gasteiger charge is 2.07. The maximum atomic E-state index is 10.9. The molecule has 0 saturated carbocycles. The lowest BCUT2D eigenvalue weighted by molar-refractivity contribution is 0.202. The van der Waals surface area contributed by atoms with Crippen molar-refractivity contribution in [2.75, 3.05) is 13.7 Å². The molecule has 1 aromatic rings. The molecule has 0 amide bonds. The van der Waals surface area contributed by atoms with Crippen molar-refractivity contribution in [1.82, 2.24) is 0 Å². The lowest BCUT2D eigenvalue weighted by Gasteiger charge is -2.03. The van der Waals surface area contributed by atoms with Crippen LogP contribution in [0.2, 0.25) is 0 Å². The summed E-state index contributed by atoms with van der Waals surface area (Å²) in [6.45, 7) is 0.622. The van der Waals surface area contributed by atoms with Crippen LogP contribution in [0.15, 0.2) is 24.3 Å². The smallest absolute Gasteiger partial charge is 0.236 e. The highest BCUT2D eigenvalue weighted by molar-refractivity contribution is 8.13. The Morgan fingerprint density at radius 3 is 2.60 bits per heavy atom. The summed E-state index contributed by atoms with van der Waals surface area (Å²) < 4.78 is 26.7. The molecule has 0 aliphatic heterocycles. The molecule has 5 heteroatoms. The Morgan fingerprint density at radius 2 is 2.00 bits per heavy atom. The van der Waals surface area contributed by atoms with Crippen LogP contribution in [0.5, 0.6) is 0 Å². The summed E-state index contributed by atoms with van der Waals surface area (Å²) in [6.07, 6.45) is 0.771. The van der Waals surface area contributed by atoms with E-state index in [1.165, 1.54) is 0 Å². The molecule has 0 aliphatic carbocycles. The SMILES string of the molecule is COCCc1cccc(CS(=O)(=O)Cl)c1. The molecule has 0 spiro atoms. The van der Waals surface area contributed by atoms with Crippen molar-refractivity contribution in [2.24, 2.45) is 0 Å². The van der Waals surface area contributed by atoms with Gasteiger partial charge in [0.25, 0.3) is 0 Å². The van der Waals surface area contributed by atoms with Gasteiger partial charge >= 0.3 is 0 Å². The molecule has 0 atom stereocenters. The van der Waals surface area contributed by atoms with E-state index in [1.54, 1.807) is 13.2 Å². The normalized spacial score (nSPS) is 11.6. The molecular weight excluding hydrogens is 236 g/mol. The fraction of sp³-hybridized carbons (Fsp3) is 0.400. The quantitative estimate of drug-likeness (QED) is 0.748. The first kappa shape index (κ1) is 12.5. The number of hydrogen-bond acceptors (Lipinski definition) is 3. The minimum Gasteiger partial charge on any atom is -0.384 e. The van der Waals surface area contributed by atoms with Crippen LogP contribution in [-0.4, -0.2) is 22.1 Å². The summed E-state index contributed by atoms with van der Waals surface area (Å²) in [7, 11) is 3.33. The predicted octanol–water partition coefficient (Wildman–Crippen LogP) is 1.94. The second-order valence-electron chi connectivity index (χ2n) is 3.25. The van der Waals surface area contributed by atoms with Gasteiger partial charge in [-0.2, -0.15) is 0 Å². The van der Waals surface area contributed by atoms with Crippen molar-refractivity contribution in [2.45, 2.75) is 12.2 Å². The van der Waals surface area contributed by atoms with E-state index in [0.29, 0.717) is 12.2 Å². The zero-order chi connectivity index (χ0) is 11.3. The van der Waals surface area contributed by atoms with Gasteiger partial charge in [0.2, 0.25) is 9.05 Å². The van der Waals surface area contributed by atoms with Gasteiger partial charge in [-0.3, -0.25) is 0 Å². The van der Waals surface area contributed by atoms with Gasteiger partial charge in [-0.25, -0.2) is 8.42 Å². The first-order chi connectivity index (χ1) is 7.01. The molecule has 3 nitrogen and oxygen atoms in total. The third-order valence-electron chi connectivity index (χ3n) is 1.93. The summed E-state index contributed by atoms with van der Waals surface area (Å²) in [5.41, 5.74) is 1.76. The van der Waals surface area contributed by atoms with E-state index in [2.05, 4.69) is 0 Å². The van der Waals surface area contributed by atoms with E-state index in [-0.39, 0.29) is 5.75 Å². The predicted molar refractivity (Wildman–Crippen MR) is 60.5 cm³/mol. The Bertz CT molecular complexity index is 414. The molecule has 0 N–H and O–H groups in total. The molecule has 0 aromatic heterocycles. The minimum atomic E-state index is -3.47. The highest BCUT2D eigenvalue weighted by Crippen LogP contribution is 2.12. The van der Waals surface area contributed by atoms with Crippen LogP contribution < -0.4 is 0 Å². The van der Waals surface area contributed by atoms with Crippen LogP contribution in [0.1, 0.15) is 11.1 Å². The van der Waals surface area contributed by atoms with Crippen LogP contribution in [0.3, 0.4) is 0 Å². The van der Waals surface area contributed by atoms with Crippen molar-refractivity contribution < 1.29 is 13.2 Å². The Hall–Kier alpha value is -0.580. The average Bonchev–Trinajstić information content (AvgIpc) is 2.12. The fourth-order valence-corrected chi connectivity index (χ4v) is 2.25. The average molecular weight is 249 g/mol. The van der Waals surface area contributed by atoms with E-state index >= 15 is 0 Å². The van der Waals surface area contributed by atoms with Gasteiger partial charge in [0, 0.05) is 17.8 Å². The summed E-state index contributed by atoms with van der Waals surface area (Å²) in [5.74, 6) is -0.130. The number of halogens is 1. The lowest BCUT2D eigenvalue weighted by Crippen LogP contribution is -1.98. The lowest BCUT2D eigenvalue weighted by atomic mass is 10.1. The first-order valence-electron chi connectivity index (χ1n) is 4.50. The number of ether oxygens (including phenoxy) is 1. The van der Waals surface area contributed by atoms with Crippen molar-refractivity contribution in [3.63, 3.8) is 0 Å². The fourth-order valence-electron chi connectivity index (χ4n) is 1.29. The number of benzene rings is 1. The van der Waals surface area contributed by atoms with Gasteiger partial charge in [0.15, 0.2) is 0 Å². The Labute approximate surface area is 94.4 Å². The maximum Gasteiger partial charge on any atom is 0.236 e. The first-order valence-corrected chi connectivity index (χ1v) is 6.98. The zero-order valence-corrected chi connectivity index (χ0v) is 10.0. The minimum absolute atomic E-state index is 0.130. The van der Waals surface area contributed by atoms with E-state index < -0.39 is 9.05 Å². The van der Waals surface area contributed by atoms with Crippen LogP contribution in [0, 0.1) is 0 Å². The number of hydrogen-bond donors (Lipinski definition) is 0. The summed E-state index contributed by atoms with van der Waals surface area (Å²) >= 11 is 0. The molecule has 0 heterocycles. The number of methoxy groups -OCH3 is 1. The third-order valence-corrected chi connectivity index (χ3v) is 2.93. The molecule has 1 aromatic carbocycles. The van der Waals surface area contributed by atoms with Gasteiger partial charge in [0.1, 0.15) is 0 Å². The van der Waals surface area contributed by atoms with Crippen LogP contribution in [-0.2, 0) is 26.0 Å². The third kappa shape index (κ3) is 5.16. The van der Waals surface area contributed by atoms with Gasteiger partial charge < -0.3 is 4.74 Å². The van der Waals surface area contributed by atoms with Gasteiger partial charge in [-0.15, -0.1) is 0 Å². The zero-order valence-electron chi connectivity index (χ0n) is 8.44. The molecule has 0 fully saturated rings. The Kier molecular flexibility index (Phi) is 4.57. The van der Waals surface area contributed by atoms with E-state index in [9.17, 15) is 8.42 Å². The molecule has 84 valence electrons. The van der Waals surface area contributed by atoms with Gasteiger partial charge in [0.05, 0.1) is 12.4 Å².